The van der Waals surface area contributed by atoms with Crippen LogP contribution in [0.2, 0.25) is 0 Å². The van der Waals surface area contributed by atoms with Gasteiger partial charge in [-0.25, -0.2) is 0 Å². The second-order valence-electron chi connectivity index (χ2n) is 2.57. The Balaban J connectivity index is 0. The van der Waals surface area contributed by atoms with Crippen molar-refractivity contribution < 1.29 is 51.7 Å². The summed E-state index contributed by atoms with van der Waals surface area (Å²) in [6.07, 6.45) is 0. The van der Waals surface area contributed by atoms with Crippen LogP contribution in [0.5, 0.6) is 5.75 Å². The van der Waals surface area contributed by atoms with E-state index in [1.807, 2.05) is 13.0 Å². The molecule has 0 spiro atoms. The van der Waals surface area contributed by atoms with Crippen LogP contribution in [0.4, 0.5) is 0 Å². The molecule has 16 heavy (non-hydrogen) atoms. The van der Waals surface area contributed by atoms with Crippen LogP contribution in [-0.4, -0.2) is 6.02 Å². The van der Waals surface area contributed by atoms with Crippen molar-refractivity contribution in [2.75, 3.05) is 0 Å². The van der Waals surface area contributed by atoms with Crippen LogP contribution >= 0.6 is 15.9 Å². The molecule has 0 unspecified atom stereocenters. The van der Waals surface area contributed by atoms with E-state index in [2.05, 4.69) is 26.6 Å². The van der Waals surface area contributed by atoms with E-state index in [0.29, 0.717) is 5.75 Å². The predicted molar refractivity (Wildman–Crippen MR) is 58.7 cm³/mol. The molecule has 0 radical (unpaired) electrons. The Labute approximate surface area is 135 Å². The van der Waals surface area contributed by atoms with Gasteiger partial charge in [0.15, 0.2) is 0 Å². The summed E-state index contributed by atoms with van der Waals surface area (Å²) < 4.78 is 6.05. The summed E-state index contributed by atoms with van der Waals surface area (Å²) in [6, 6.07) is 5.36. The molecule has 0 heterocycles. The molecule has 0 bridgehead atoms. The van der Waals surface area contributed by atoms with Gasteiger partial charge in [0.2, 0.25) is 0 Å². The van der Waals surface area contributed by atoms with Crippen LogP contribution in [0.15, 0.2) is 27.8 Å². The first-order chi connectivity index (χ1) is 6.63. The molecule has 0 fully saturated rings. The summed E-state index contributed by atoms with van der Waals surface area (Å²) in [6.45, 7) is 1.97. The van der Waals surface area contributed by atoms with Gasteiger partial charge in [0.05, 0.1) is 0 Å². The van der Waals surface area contributed by atoms with Crippen LogP contribution in [0.25, 0.3) is 5.53 Å². The van der Waals surface area contributed by atoms with Gasteiger partial charge in [-0.2, -0.15) is 0 Å². The van der Waals surface area contributed by atoms with E-state index in [9.17, 15) is 0 Å². The number of nitrogens with two attached hydrogens (primary N) is 2. The molecule has 1 rings (SSSR count). The molecule has 1 aromatic rings. The summed E-state index contributed by atoms with van der Waals surface area (Å²) in [5.74, 6) is 5.38. The van der Waals surface area contributed by atoms with Gasteiger partial charge in [-0.15, -0.1) is 0 Å². The molecule has 0 saturated heterocycles. The summed E-state index contributed by atoms with van der Waals surface area (Å²) in [5, 5.41) is 3.33. The van der Waals surface area contributed by atoms with Gasteiger partial charge in [-0.1, -0.05) is 22.0 Å². The van der Waals surface area contributed by atoms with Crippen molar-refractivity contribution in [3.63, 3.8) is 0 Å². The zero-order valence-electron chi connectivity index (χ0n) is 8.98. The maximum Gasteiger partial charge on any atom is 1.00 e. The second-order valence-corrected chi connectivity index (χ2v) is 3.42. The average molecular weight is 333 g/mol. The third-order valence-electron chi connectivity index (χ3n) is 1.52. The number of hydrogen-bond acceptors (Lipinski definition) is 3. The minimum absolute atomic E-state index is 0. The minimum Gasteiger partial charge on any atom is -0.539 e. The molecule has 0 aliphatic carbocycles. The maximum absolute atomic E-state index is 5.34. The molecule has 0 atom stereocenters. The van der Waals surface area contributed by atoms with E-state index in [0.717, 1.165) is 10.0 Å². The Morgan fingerprint density at radius 3 is 2.62 bits per heavy atom. The first kappa shape index (κ1) is 18.6. The number of nitrogens with zero attached hydrogens (tertiary/aromatic N) is 2. The van der Waals surface area contributed by atoms with Crippen molar-refractivity contribution in [2.45, 2.75) is 6.92 Å². The number of amidine groups is 1. The molecular formula is C8H10BrCrN4NaO. The molecule has 0 aliphatic heterocycles. The summed E-state index contributed by atoms with van der Waals surface area (Å²) in [7, 11) is 0. The van der Waals surface area contributed by atoms with Gasteiger partial charge in [0.25, 0.3) is 6.02 Å². The SMILES string of the molecule is Cc1ccc(O/C(N)=N/[N-]N)cc1Br.[Cr].[Na+]. The zero-order chi connectivity index (χ0) is 10.6. The Kier molecular flexibility index (Phi) is 10.8. The molecule has 8 heteroatoms. The number of aryl methyl sites for hydroxylation is 1. The first-order valence-electron chi connectivity index (χ1n) is 3.81. The van der Waals surface area contributed by atoms with Crippen molar-refractivity contribution in [2.24, 2.45) is 16.7 Å². The zero-order valence-corrected chi connectivity index (χ0v) is 13.8. The number of benzene rings is 1. The van der Waals surface area contributed by atoms with Gasteiger partial charge in [-0.05, 0) is 24.6 Å². The van der Waals surface area contributed by atoms with E-state index in [4.69, 9.17) is 16.3 Å². The summed E-state index contributed by atoms with van der Waals surface area (Å²) in [4.78, 5) is 0. The number of rotatable bonds is 2. The Hall–Kier alpha value is 0.262. The molecule has 0 amide bonds. The van der Waals surface area contributed by atoms with E-state index < -0.39 is 0 Å². The number of hydrogen-bond donors (Lipinski definition) is 2. The third kappa shape index (κ3) is 6.11. The summed E-state index contributed by atoms with van der Waals surface area (Å²) >= 11 is 3.37. The Morgan fingerprint density at radius 2 is 2.12 bits per heavy atom. The summed E-state index contributed by atoms with van der Waals surface area (Å²) in [5.41, 5.74) is 9.45. The van der Waals surface area contributed by atoms with Gasteiger partial charge < -0.3 is 26.9 Å². The topological polar surface area (TPSA) is 87.7 Å². The van der Waals surface area contributed by atoms with Crippen molar-refractivity contribution in [3.05, 3.63) is 33.8 Å². The van der Waals surface area contributed by atoms with Crippen LogP contribution in [-0.2, 0) is 17.4 Å². The quantitative estimate of drug-likeness (QED) is 0.230. The standard InChI is InChI=1S/C8H10BrN4O.Cr.Na/c1-5-2-3-6(4-7(5)9)14-8(10)12-13-11;;/h2-4H,11H2,1H3,(H2,10,12);;/q-1;;+1. The molecule has 0 aliphatic rings. The van der Waals surface area contributed by atoms with Crippen LogP contribution in [0, 0.1) is 6.92 Å². The number of halogens is 1. The minimum atomic E-state index is -0.0942. The molecule has 1 aromatic carbocycles. The van der Waals surface area contributed by atoms with Crippen molar-refractivity contribution in [1.29, 1.82) is 0 Å². The first-order valence-corrected chi connectivity index (χ1v) is 4.60. The Bertz CT molecular complexity index is 364. The molecule has 82 valence electrons. The molecule has 0 aromatic heterocycles. The Morgan fingerprint density at radius 1 is 1.50 bits per heavy atom. The fraction of sp³-hybridized carbons (Fsp3) is 0.125. The van der Waals surface area contributed by atoms with Gasteiger partial charge in [0, 0.05) is 21.8 Å². The smallest absolute Gasteiger partial charge is 0.539 e. The molecule has 4 N–H and O–H groups in total. The third-order valence-corrected chi connectivity index (χ3v) is 2.38. The molecule has 0 saturated carbocycles. The second kappa shape index (κ2) is 9.31. The van der Waals surface area contributed by atoms with Crippen molar-refractivity contribution >= 4 is 22.0 Å². The van der Waals surface area contributed by atoms with Crippen LogP contribution in [0.1, 0.15) is 5.56 Å². The van der Waals surface area contributed by atoms with E-state index in [1.54, 1.807) is 12.1 Å². The fourth-order valence-corrected chi connectivity index (χ4v) is 1.19. The van der Waals surface area contributed by atoms with E-state index in [1.165, 1.54) is 0 Å². The van der Waals surface area contributed by atoms with Gasteiger partial charge in [0.1, 0.15) is 5.75 Å². The van der Waals surface area contributed by atoms with Crippen LogP contribution < -0.4 is 45.9 Å². The molecular weight excluding hydrogens is 323 g/mol. The van der Waals surface area contributed by atoms with E-state index >= 15 is 0 Å². The van der Waals surface area contributed by atoms with Gasteiger partial charge >= 0.3 is 29.6 Å². The number of ether oxygens (including phenoxy) is 1. The maximum atomic E-state index is 5.34. The van der Waals surface area contributed by atoms with Crippen LogP contribution in [0.3, 0.4) is 0 Å². The van der Waals surface area contributed by atoms with E-state index in [-0.39, 0.29) is 52.9 Å². The van der Waals surface area contributed by atoms with Crippen molar-refractivity contribution in [1.82, 2.24) is 0 Å². The normalized spacial score (nSPS) is 9.81. The molecule has 5 nitrogen and oxygen atoms in total. The average Bonchev–Trinajstić information content (AvgIpc) is 2.12. The fourth-order valence-electron chi connectivity index (χ4n) is 0.835. The predicted octanol–water partition coefficient (Wildman–Crippen LogP) is -1.39. The van der Waals surface area contributed by atoms with Crippen molar-refractivity contribution in [3.8, 4) is 5.75 Å². The van der Waals surface area contributed by atoms with Gasteiger partial charge in [-0.3, -0.25) is 0 Å². The largest absolute Gasteiger partial charge is 1.00 e. The monoisotopic (exact) mass is 332 g/mol.